The Kier molecular flexibility index (Phi) is 4.83. The molecule has 0 radical (unpaired) electrons. The second kappa shape index (κ2) is 6.38. The van der Waals surface area contributed by atoms with Crippen LogP contribution in [-0.2, 0) is 0 Å². The van der Waals surface area contributed by atoms with E-state index in [0.717, 1.165) is 40.9 Å². The number of thiophene rings is 1. The predicted molar refractivity (Wildman–Crippen MR) is 81.9 cm³/mol. The van der Waals surface area contributed by atoms with Crippen molar-refractivity contribution in [2.45, 2.75) is 38.6 Å². The fourth-order valence-corrected chi connectivity index (χ4v) is 3.44. The van der Waals surface area contributed by atoms with Crippen LogP contribution in [0.5, 0.6) is 0 Å². The van der Waals surface area contributed by atoms with E-state index < -0.39 is 0 Å². The molecule has 2 aromatic heterocycles. The van der Waals surface area contributed by atoms with Gasteiger partial charge >= 0.3 is 0 Å². The Morgan fingerprint density at radius 1 is 1.28 bits per heavy atom. The largest absolute Gasteiger partial charge is 0.354 e. The van der Waals surface area contributed by atoms with Crippen LogP contribution in [-0.4, -0.2) is 22.3 Å². The highest BCUT2D eigenvalue weighted by molar-refractivity contribution is 7.99. The fourth-order valence-electron chi connectivity index (χ4n) is 1.64. The maximum absolute atomic E-state index is 4.64. The van der Waals surface area contributed by atoms with Gasteiger partial charge in [0.25, 0.3) is 0 Å². The van der Waals surface area contributed by atoms with E-state index in [4.69, 9.17) is 0 Å². The van der Waals surface area contributed by atoms with Crippen LogP contribution >= 0.6 is 23.1 Å². The molecule has 0 unspecified atom stereocenters. The minimum Gasteiger partial charge on any atom is -0.354 e. The van der Waals surface area contributed by atoms with Crippen LogP contribution in [0.15, 0.2) is 11.1 Å². The molecule has 0 fully saturated rings. The van der Waals surface area contributed by atoms with Crippen molar-refractivity contribution in [1.29, 1.82) is 0 Å². The summed E-state index contributed by atoms with van der Waals surface area (Å²) in [6, 6.07) is 2.20. The normalized spacial score (nSPS) is 11.1. The summed E-state index contributed by atoms with van der Waals surface area (Å²) >= 11 is 3.57. The lowest BCUT2D eigenvalue weighted by molar-refractivity contribution is 0.946. The number of anilines is 1. The van der Waals surface area contributed by atoms with Gasteiger partial charge < -0.3 is 5.32 Å². The van der Waals surface area contributed by atoms with Gasteiger partial charge in [-0.15, -0.1) is 23.1 Å². The van der Waals surface area contributed by atoms with Gasteiger partial charge in [-0.2, -0.15) is 0 Å². The molecule has 2 heterocycles. The predicted octanol–water partition coefficient (Wildman–Crippen LogP) is 4.32. The topological polar surface area (TPSA) is 37.8 Å². The summed E-state index contributed by atoms with van der Waals surface area (Å²) in [6.07, 6.45) is 2.25. The second-order valence-corrected chi connectivity index (χ2v) is 6.52. The summed E-state index contributed by atoms with van der Waals surface area (Å²) in [7, 11) is 0. The SMILES string of the molecule is CCCNc1nc(SCCC)c2cc(C)sc2n1. The van der Waals surface area contributed by atoms with Gasteiger partial charge in [0.1, 0.15) is 9.86 Å². The van der Waals surface area contributed by atoms with Gasteiger partial charge in [-0.1, -0.05) is 13.8 Å². The highest BCUT2D eigenvalue weighted by Crippen LogP contribution is 2.32. The van der Waals surface area contributed by atoms with Crippen molar-refractivity contribution in [3.05, 3.63) is 10.9 Å². The first-order valence-electron chi connectivity index (χ1n) is 6.39. The Morgan fingerprint density at radius 3 is 2.83 bits per heavy atom. The van der Waals surface area contributed by atoms with Gasteiger partial charge in [0.05, 0.1) is 0 Å². The van der Waals surface area contributed by atoms with Gasteiger partial charge in [-0.25, -0.2) is 9.97 Å². The van der Waals surface area contributed by atoms with E-state index in [1.165, 1.54) is 10.3 Å². The molecule has 0 aliphatic carbocycles. The third kappa shape index (κ3) is 3.14. The van der Waals surface area contributed by atoms with Crippen LogP contribution in [0.2, 0.25) is 0 Å². The molecule has 98 valence electrons. The van der Waals surface area contributed by atoms with Crippen molar-refractivity contribution in [2.24, 2.45) is 0 Å². The standard InChI is InChI=1S/C13H19N3S2/c1-4-6-14-13-15-11(17-7-5-2)10-8-9(3)18-12(10)16-13/h8H,4-7H2,1-3H3,(H,14,15,16). The summed E-state index contributed by atoms with van der Waals surface area (Å²) in [4.78, 5) is 11.6. The highest BCUT2D eigenvalue weighted by Gasteiger charge is 2.10. The quantitative estimate of drug-likeness (QED) is 0.632. The molecule has 1 N–H and O–H groups in total. The lowest BCUT2D eigenvalue weighted by atomic mass is 10.4. The fraction of sp³-hybridized carbons (Fsp3) is 0.538. The number of aromatic nitrogens is 2. The Balaban J connectivity index is 2.36. The molecule has 3 nitrogen and oxygen atoms in total. The Labute approximate surface area is 116 Å². The summed E-state index contributed by atoms with van der Waals surface area (Å²) in [5.41, 5.74) is 0. The molecule has 2 aromatic rings. The molecular formula is C13H19N3S2. The van der Waals surface area contributed by atoms with Gasteiger partial charge in [0, 0.05) is 16.8 Å². The Morgan fingerprint density at radius 2 is 2.11 bits per heavy atom. The summed E-state index contributed by atoms with van der Waals surface area (Å²) in [5, 5.41) is 5.61. The first kappa shape index (κ1) is 13.6. The van der Waals surface area contributed by atoms with Crippen molar-refractivity contribution in [3.63, 3.8) is 0 Å². The van der Waals surface area contributed by atoms with Crippen molar-refractivity contribution in [2.75, 3.05) is 17.6 Å². The van der Waals surface area contributed by atoms with Crippen LogP contribution < -0.4 is 5.32 Å². The lowest BCUT2D eigenvalue weighted by Gasteiger charge is -2.06. The van der Waals surface area contributed by atoms with Gasteiger partial charge in [-0.3, -0.25) is 0 Å². The number of nitrogens with one attached hydrogen (secondary N) is 1. The monoisotopic (exact) mass is 281 g/mol. The van der Waals surface area contributed by atoms with E-state index in [2.05, 4.69) is 42.1 Å². The third-order valence-corrected chi connectivity index (χ3v) is 4.60. The number of nitrogens with zero attached hydrogens (tertiary/aromatic N) is 2. The average Bonchev–Trinajstić information content (AvgIpc) is 2.73. The van der Waals surface area contributed by atoms with E-state index in [1.54, 1.807) is 11.3 Å². The van der Waals surface area contributed by atoms with Gasteiger partial charge in [0.15, 0.2) is 0 Å². The van der Waals surface area contributed by atoms with E-state index >= 15 is 0 Å². The number of aryl methyl sites for hydroxylation is 1. The average molecular weight is 281 g/mol. The molecule has 0 aliphatic heterocycles. The molecule has 0 aromatic carbocycles. The zero-order valence-corrected chi connectivity index (χ0v) is 12.7. The zero-order valence-electron chi connectivity index (χ0n) is 11.1. The molecule has 0 bridgehead atoms. The van der Waals surface area contributed by atoms with E-state index in [1.807, 2.05) is 11.8 Å². The molecule has 0 spiro atoms. The smallest absolute Gasteiger partial charge is 0.225 e. The molecule has 0 aliphatic rings. The van der Waals surface area contributed by atoms with Crippen LogP contribution in [0.3, 0.4) is 0 Å². The number of thioether (sulfide) groups is 1. The van der Waals surface area contributed by atoms with E-state index in [9.17, 15) is 0 Å². The summed E-state index contributed by atoms with van der Waals surface area (Å²) < 4.78 is 0. The third-order valence-electron chi connectivity index (χ3n) is 2.46. The van der Waals surface area contributed by atoms with Crippen LogP contribution in [0.1, 0.15) is 31.6 Å². The maximum Gasteiger partial charge on any atom is 0.225 e. The number of fused-ring (bicyclic) bond motifs is 1. The van der Waals surface area contributed by atoms with Crippen molar-refractivity contribution in [3.8, 4) is 0 Å². The summed E-state index contributed by atoms with van der Waals surface area (Å²) in [6.45, 7) is 7.39. The zero-order chi connectivity index (χ0) is 13.0. The van der Waals surface area contributed by atoms with Crippen LogP contribution in [0, 0.1) is 6.92 Å². The van der Waals surface area contributed by atoms with Crippen molar-refractivity contribution >= 4 is 39.3 Å². The lowest BCUT2D eigenvalue weighted by Crippen LogP contribution is -2.04. The minimum atomic E-state index is 0.768. The minimum absolute atomic E-state index is 0.768. The summed E-state index contributed by atoms with van der Waals surface area (Å²) in [5.74, 6) is 1.87. The molecule has 2 rings (SSSR count). The van der Waals surface area contributed by atoms with Crippen LogP contribution in [0.25, 0.3) is 10.2 Å². The molecule has 0 saturated carbocycles. The first-order valence-corrected chi connectivity index (χ1v) is 8.19. The molecular weight excluding hydrogens is 262 g/mol. The van der Waals surface area contributed by atoms with Crippen molar-refractivity contribution < 1.29 is 0 Å². The Bertz CT molecular complexity index is 522. The Hall–Kier alpha value is -0.810. The van der Waals surface area contributed by atoms with Crippen molar-refractivity contribution in [1.82, 2.24) is 9.97 Å². The number of hydrogen-bond donors (Lipinski definition) is 1. The molecule has 0 atom stereocenters. The van der Waals surface area contributed by atoms with E-state index in [-0.39, 0.29) is 0 Å². The number of hydrogen-bond acceptors (Lipinski definition) is 5. The van der Waals surface area contributed by atoms with Gasteiger partial charge in [0.2, 0.25) is 5.95 Å². The van der Waals surface area contributed by atoms with E-state index in [0.29, 0.717) is 0 Å². The molecule has 5 heteroatoms. The van der Waals surface area contributed by atoms with Crippen LogP contribution in [0.4, 0.5) is 5.95 Å². The molecule has 0 amide bonds. The van der Waals surface area contributed by atoms with Gasteiger partial charge in [-0.05, 0) is 31.6 Å². The second-order valence-electron chi connectivity index (χ2n) is 4.20. The first-order chi connectivity index (χ1) is 8.74. The maximum atomic E-state index is 4.64. The molecule has 0 saturated heterocycles. The number of rotatable bonds is 6. The molecule has 18 heavy (non-hydrogen) atoms. The highest BCUT2D eigenvalue weighted by atomic mass is 32.2.